The van der Waals surface area contributed by atoms with Gasteiger partial charge in [0.2, 0.25) is 0 Å². The minimum atomic E-state index is -4.36. The van der Waals surface area contributed by atoms with E-state index in [0.29, 0.717) is 5.56 Å². The first-order chi connectivity index (χ1) is 9.05. The minimum absolute atomic E-state index is 0.0666. The van der Waals surface area contributed by atoms with E-state index < -0.39 is 23.5 Å². The van der Waals surface area contributed by atoms with Crippen LogP contribution in [0, 0.1) is 11.2 Å². The highest BCUT2D eigenvalue weighted by atomic mass is 19.4. The van der Waals surface area contributed by atoms with E-state index in [1.54, 1.807) is 0 Å². The molecular formula is C14H19F4NO. The fourth-order valence-electron chi connectivity index (χ4n) is 1.95. The second-order valence-corrected chi connectivity index (χ2v) is 5.69. The van der Waals surface area contributed by atoms with Gasteiger partial charge in [-0.3, -0.25) is 0 Å². The first kappa shape index (κ1) is 16.8. The largest absolute Gasteiger partial charge is 0.494 e. The van der Waals surface area contributed by atoms with E-state index in [4.69, 9.17) is 4.74 Å². The van der Waals surface area contributed by atoms with Gasteiger partial charge in [0.05, 0.1) is 7.11 Å². The maximum absolute atomic E-state index is 13.5. The molecule has 0 unspecified atom stereocenters. The van der Waals surface area contributed by atoms with Gasteiger partial charge in [-0.05, 0) is 23.1 Å². The monoisotopic (exact) mass is 293 g/mol. The fraction of sp³-hybridized carbons (Fsp3) is 0.571. The summed E-state index contributed by atoms with van der Waals surface area (Å²) in [4.78, 5) is 0. The van der Waals surface area contributed by atoms with E-state index in [1.807, 2.05) is 0 Å². The highest BCUT2D eigenvalue weighted by Gasteiger charge is 2.46. The summed E-state index contributed by atoms with van der Waals surface area (Å²) in [6.45, 7) is 4.45. The molecule has 1 aromatic rings. The van der Waals surface area contributed by atoms with Crippen molar-refractivity contribution in [3.8, 4) is 5.75 Å². The summed E-state index contributed by atoms with van der Waals surface area (Å²) in [5.74, 6) is -0.525. The van der Waals surface area contributed by atoms with Crippen molar-refractivity contribution in [1.82, 2.24) is 5.32 Å². The lowest BCUT2D eigenvalue weighted by Crippen LogP contribution is -2.50. The maximum Gasteiger partial charge on any atom is 0.404 e. The molecule has 0 saturated heterocycles. The smallest absolute Gasteiger partial charge is 0.404 e. The van der Waals surface area contributed by atoms with Gasteiger partial charge in [0.1, 0.15) is 6.04 Å². The summed E-state index contributed by atoms with van der Waals surface area (Å²) < 4.78 is 57.1. The summed E-state index contributed by atoms with van der Waals surface area (Å²) in [5, 5.41) is 2.45. The molecule has 1 aromatic carbocycles. The van der Waals surface area contributed by atoms with Gasteiger partial charge < -0.3 is 10.1 Å². The van der Waals surface area contributed by atoms with Crippen LogP contribution in [0.25, 0.3) is 0 Å². The lowest BCUT2D eigenvalue weighted by Gasteiger charge is -2.33. The van der Waals surface area contributed by atoms with Crippen LogP contribution >= 0.6 is 0 Å². The molecule has 1 atom stereocenters. The van der Waals surface area contributed by atoms with Crippen molar-refractivity contribution < 1.29 is 22.3 Å². The van der Waals surface area contributed by atoms with Crippen LogP contribution in [0.2, 0.25) is 0 Å². The molecule has 0 aliphatic rings. The number of ether oxygens (including phenoxy) is 1. The fourth-order valence-corrected chi connectivity index (χ4v) is 1.95. The molecule has 0 saturated carbocycles. The van der Waals surface area contributed by atoms with Crippen molar-refractivity contribution in [2.75, 3.05) is 7.11 Å². The van der Waals surface area contributed by atoms with E-state index in [9.17, 15) is 17.6 Å². The van der Waals surface area contributed by atoms with Crippen molar-refractivity contribution in [1.29, 1.82) is 0 Å². The van der Waals surface area contributed by atoms with Crippen molar-refractivity contribution >= 4 is 0 Å². The molecule has 20 heavy (non-hydrogen) atoms. The van der Waals surface area contributed by atoms with Crippen LogP contribution in [0.4, 0.5) is 17.6 Å². The highest BCUT2D eigenvalue weighted by molar-refractivity contribution is 5.29. The first-order valence-electron chi connectivity index (χ1n) is 6.18. The zero-order chi connectivity index (χ0) is 15.6. The Balaban J connectivity index is 2.81. The lowest BCUT2D eigenvalue weighted by atomic mass is 9.86. The van der Waals surface area contributed by atoms with Crippen molar-refractivity contribution in [2.45, 2.75) is 39.5 Å². The van der Waals surface area contributed by atoms with E-state index in [2.05, 4.69) is 5.32 Å². The molecule has 0 spiro atoms. The molecule has 0 radical (unpaired) electrons. The van der Waals surface area contributed by atoms with Crippen LogP contribution in [-0.4, -0.2) is 19.3 Å². The molecule has 0 aliphatic carbocycles. The zero-order valence-corrected chi connectivity index (χ0v) is 11.9. The Morgan fingerprint density at radius 2 is 1.80 bits per heavy atom. The number of alkyl halides is 3. The van der Waals surface area contributed by atoms with Gasteiger partial charge in [-0.2, -0.15) is 13.2 Å². The average Bonchev–Trinajstić information content (AvgIpc) is 2.25. The predicted octanol–water partition coefficient (Wildman–Crippen LogP) is 3.90. The van der Waals surface area contributed by atoms with Gasteiger partial charge in [-0.1, -0.05) is 26.8 Å². The van der Waals surface area contributed by atoms with Crippen LogP contribution < -0.4 is 10.1 Å². The van der Waals surface area contributed by atoms with Gasteiger partial charge in [0.15, 0.2) is 11.6 Å². The molecule has 114 valence electrons. The molecule has 1 rings (SSSR count). The Labute approximate surface area is 116 Å². The van der Waals surface area contributed by atoms with Crippen LogP contribution in [0.15, 0.2) is 18.2 Å². The Bertz CT molecular complexity index is 437. The predicted molar refractivity (Wildman–Crippen MR) is 69.1 cm³/mol. The SMILES string of the molecule is COc1ccc(CN[C@@H](C(C)(C)C)C(F)(F)F)cc1F. The topological polar surface area (TPSA) is 21.3 Å². The normalized spacial score (nSPS) is 14.2. The molecule has 0 amide bonds. The molecular weight excluding hydrogens is 274 g/mol. The van der Waals surface area contributed by atoms with Gasteiger partial charge in [-0.15, -0.1) is 0 Å². The molecule has 0 fully saturated rings. The Kier molecular flexibility index (Phi) is 5.02. The Morgan fingerprint density at radius 1 is 1.20 bits per heavy atom. The third-order valence-corrected chi connectivity index (χ3v) is 2.92. The second-order valence-electron chi connectivity index (χ2n) is 5.69. The first-order valence-corrected chi connectivity index (χ1v) is 6.18. The third-order valence-electron chi connectivity index (χ3n) is 2.92. The van der Waals surface area contributed by atoms with E-state index in [0.717, 1.165) is 0 Å². The van der Waals surface area contributed by atoms with Gasteiger partial charge in [0, 0.05) is 6.54 Å². The molecule has 2 nitrogen and oxygen atoms in total. The number of hydrogen-bond donors (Lipinski definition) is 1. The van der Waals surface area contributed by atoms with Crippen molar-refractivity contribution in [3.05, 3.63) is 29.6 Å². The van der Waals surface area contributed by atoms with Crippen LogP contribution in [0.5, 0.6) is 5.75 Å². The van der Waals surface area contributed by atoms with Gasteiger partial charge in [0.25, 0.3) is 0 Å². The summed E-state index contributed by atoms with van der Waals surface area (Å²) in [7, 11) is 1.33. The van der Waals surface area contributed by atoms with Crippen LogP contribution in [0.3, 0.4) is 0 Å². The third kappa shape index (κ3) is 4.37. The maximum atomic E-state index is 13.5. The molecule has 6 heteroatoms. The van der Waals surface area contributed by atoms with Gasteiger partial charge in [-0.25, -0.2) is 4.39 Å². The molecule has 0 aliphatic heterocycles. The van der Waals surface area contributed by atoms with E-state index >= 15 is 0 Å². The summed E-state index contributed by atoms with van der Waals surface area (Å²) >= 11 is 0. The quantitative estimate of drug-likeness (QED) is 0.850. The standard InChI is InChI=1S/C14H19F4NO/c1-13(2,3)12(14(16,17)18)19-8-9-5-6-11(20-4)10(15)7-9/h5-7,12,19H,8H2,1-4H3/t12-/m0/s1. The lowest BCUT2D eigenvalue weighted by molar-refractivity contribution is -0.178. The number of rotatable bonds is 4. The number of hydrogen-bond acceptors (Lipinski definition) is 2. The number of nitrogens with one attached hydrogen (secondary N) is 1. The van der Waals surface area contributed by atoms with Crippen LogP contribution in [0.1, 0.15) is 26.3 Å². The highest BCUT2D eigenvalue weighted by Crippen LogP contribution is 2.33. The molecule has 1 N–H and O–H groups in total. The van der Waals surface area contributed by atoms with Crippen LogP contribution in [-0.2, 0) is 6.54 Å². The Hall–Kier alpha value is -1.30. The van der Waals surface area contributed by atoms with E-state index in [1.165, 1.54) is 46.1 Å². The average molecular weight is 293 g/mol. The summed E-state index contributed by atoms with van der Waals surface area (Å²) in [5.41, 5.74) is -0.551. The molecule has 0 aromatic heterocycles. The summed E-state index contributed by atoms with van der Waals surface area (Å²) in [6.07, 6.45) is -4.36. The van der Waals surface area contributed by atoms with E-state index in [-0.39, 0.29) is 12.3 Å². The molecule has 0 bridgehead atoms. The van der Waals surface area contributed by atoms with Crippen molar-refractivity contribution in [3.63, 3.8) is 0 Å². The van der Waals surface area contributed by atoms with Gasteiger partial charge >= 0.3 is 6.18 Å². The number of benzene rings is 1. The number of methoxy groups -OCH3 is 1. The van der Waals surface area contributed by atoms with Crippen molar-refractivity contribution in [2.24, 2.45) is 5.41 Å². The molecule has 0 heterocycles. The number of halogens is 4. The Morgan fingerprint density at radius 3 is 2.20 bits per heavy atom. The second kappa shape index (κ2) is 5.99. The summed E-state index contributed by atoms with van der Waals surface area (Å²) in [6, 6.07) is 2.43. The zero-order valence-electron chi connectivity index (χ0n) is 11.9. The minimum Gasteiger partial charge on any atom is -0.494 e.